The maximum absolute atomic E-state index is 5.08. The molecule has 0 radical (unpaired) electrons. The Morgan fingerprint density at radius 3 is 2.36 bits per heavy atom. The first-order chi connectivity index (χ1) is 6.37. The van der Waals surface area contributed by atoms with Crippen LogP contribution in [0.5, 0.6) is 0 Å². The third-order valence-electron chi connectivity index (χ3n) is 2.09. The molecule has 0 aromatic heterocycles. The number of ether oxygens (including phenoxy) is 1. The molecule has 0 aliphatic rings. The Morgan fingerprint density at radius 1 is 1.36 bits per heavy atom. The van der Waals surface area contributed by atoms with E-state index in [0.717, 1.165) is 19.7 Å². The lowest BCUT2D eigenvalue weighted by Crippen LogP contribution is -2.42. The highest BCUT2D eigenvalue weighted by atomic mass is 16.5. The van der Waals surface area contributed by atoms with Gasteiger partial charge in [0.1, 0.15) is 0 Å². The predicted octanol–water partition coefficient (Wildman–Crippen LogP) is 1.20. The number of hydrogen-bond donors (Lipinski definition) is 1. The van der Waals surface area contributed by atoms with Gasteiger partial charge in [0.05, 0.1) is 6.61 Å². The molecular formula is C11H26N2O. The Balaban J connectivity index is 3.74. The second kappa shape index (κ2) is 6.38. The molecule has 14 heavy (non-hydrogen) atoms. The zero-order valence-electron chi connectivity index (χ0n) is 10.6. The van der Waals surface area contributed by atoms with E-state index in [9.17, 15) is 0 Å². The Morgan fingerprint density at radius 2 is 1.93 bits per heavy atom. The number of hydrogen-bond acceptors (Lipinski definition) is 3. The van der Waals surface area contributed by atoms with E-state index in [0.29, 0.717) is 11.5 Å². The Bertz CT molecular complexity index is 146. The lowest BCUT2D eigenvalue weighted by Gasteiger charge is -2.30. The molecule has 0 bridgehead atoms. The molecule has 0 amide bonds. The van der Waals surface area contributed by atoms with Crippen molar-refractivity contribution >= 4 is 0 Å². The summed E-state index contributed by atoms with van der Waals surface area (Å²) in [6, 6.07) is 0.432. The summed E-state index contributed by atoms with van der Waals surface area (Å²) in [6.45, 7) is 9.60. The van der Waals surface area contributed by atoms with Crippen LogP contribution in [0.15, 0.2) is 0 Å². The molecule has 0 fully saturated rings. The summed E-state index contributed by atoms with van der Waals surface area (Å²) in [4.78, 5) is 2.22. The summed E-state index contributed by atoms with van der Waals surface area (Å²) < 4.78 is 5.08. The summed E-state index contributed by atoms with van der Waals surface area (Å²) in [5.41, 5.74) is 0.311. The number of nitrogens with zero attached hydrogens (tertiary/aromatic N) is 1. The van der Waals surface area contributed by atoms with E-state index in [1.54, 1.807) is 7.11 Å². The van der Waals surface area contributed by atoms with Crippen LogP contribution >= 0.6 is 0 Å². The number of rotatable bonds is 7. The molecule has 0 aromatic rings. The molecule has 0 aliphatic heterocycles. The first-order valence-electron chi connectivity index (χ1n) is 5.24. The zero-order valence-corrected chi connectivity index (χ0v) is 10.6. The molecule has 0 unspecified atom stereocenters. The predicted molar refractivity (Wildman–Crippen MR) is 61.7 cm³/mol. The van der Waals surface area contributed by atoms with Crippen molar-refractivity contribution in [2.75, 3.05) is 40.9 Å². The van der Waals surface area contributed by atoms with Gasteiger partial charge in [-0.1, -0.05) is 13.8 Å². The van der Waals surface area contributed by atoms with Gasteiger partial charge in [0.25, 0.3) is 0 Å². The van der Waals surface area contributed by atoms with E-state index in [1.807, 2.05) is 0 Å². The van der Waals surface area contributed by atoms with Crippen LogP contribution in [0.1, 0.15) is 20.8 Å². The van der Waals surface area contributed by atoms with Gasteiger partial charge >= 0.3 is 0 Å². The number of nitrogens with one attached hydrogen (secondary N) is 1. The van der Waals surface area contributed by atoms with Crippen molar-refractivity contribution in [3.05, 3.63) is 0 Å². The summed E-state index contributed by atoms with van der Waals surface area (Å²) in [7, 11) is 5.96. The molecule has 0 aliphatic carbocycles. The summed E-state index contributed by atoms with van der Waals surface area (Å²) >= 11 is 0. The van der Waals surface area contributed by atoms with Crippen LogP contribution in [0.25, 0.3) is 0 Å². The quantitative estimate of drug-likeness (QED) is 0.671. The van der Waals surface area contributed by atoms with Crippen molar-refractivity contribution in [1.82, 2.24) is 10.2 Å². The third kappa shape index (κ3) is 7.30. The maximum Gasteiger partial charge on any atom is 0.0613 e. The van der Waals surface area contributed by atoms with E-state index in [4.69, 9.17) is 4.74 Å². The van der Waals surface area contributed by atoms with Crippen molar-refractivity contribution < 1.29 is 4.74 Å². The van der Waals surface area contributed by atoms with Crippen LogP contribution in [0.2, 0.25) is 0 Å². The zero-order chi connectivity index (χ0) is 11.2. The van der Waals surface area contributed by atoms with E-state index in [1.165, 1.54) is 0 Å². The van der Waals surface area contributed by atoms with Crippen molar-refractivity contribution in [2.24, 2.45) is 5.41 Å². The SMILES string of the molecule is COC[C@H](C)NCC(C)(C)CN(C)C. The minimum atomic E-state index is 0.311. The molecule has 0 saturated heterocycles. The summed E-state index contributed by atoms with van der Waals surface area (Å²) in [5.74, 6) is 0. The van der Waals surface area contributed by atoms with Crippen LogP contribution in [0, 0.1) is 5.41 Å². The van der Waals surface area contributed by atoms with E-state index < -0.39 is 0 Å². The van der Waals surface area contributed by atoms with Gasteiger partial charge in [-0.15, -0.1) is 0 Å². The van der Waals surface area contributed by atoms with Gasteiger partial charge in [-0.05, 0) is 26.4 Å². The monoisotopic (exact) mass is 202 g/mol. The van der Waals surface area contributed by atoms with E-state index in [-0.39, 0.29) is 0 Å². The normalized spacial score (nSPS) is 14.8. The molecular weight excluding hydrogens is 176 g/mol. The first-order valence-corrected chi connectivity index (χ1v) is 5.24. The highest BCUT2D eigenvalue weighted by Crippen LogP contribution is 2.14. The molecule has 1 atom stereocenters. The fourth-order valence-electron chi connectivity index (χ4n) is 1.67. The highest BCUT2D eigenvalue weighted by Gasteiger charge is 2.19. The lowest BCUT2D eigenvalue weighted by molar-refractivity contribution is 0.158. The van der Waals surface area contributed by atoms with Crippen molar-refractivity contribution in [3.8, 4) is 0 Å². The van der Waals surface area contributed by atoms with Crippen LogP contribution in [0.4, 0.5) is 0 Å². The Kier molecular flexibility index (Phi) is 6.33. The van der Waals surface area contributed by atoms with Crippen LogP contribution in [-0.4, -0.2) is 51.8 Å². The van der Waals surface area contributed by atoms with E-state index in [2.05, 4.69) is 45.1 Å². The number of methoxy groups -OCH3 is 1. The van der Waals surface area contributed by atoms with Gasteiger partial charge in [-0.25, -0.2) is 0 Å². The standard InChI is InChI=1S/C11H26N2O/c1-10(7-14-6)12-8-11(2,3)9-13(4)5/h10,12H,7-9H2,1-6H3/t10-/m0/s1. The smallest absolute Gasteiger partial charge is 0.0613 e. The fraction of sp³-hybridized carbons (Fsp3) is 1.00. The molecule has 0 spiro atoms. The van der Waals surface area contributed by atoms with E-state index >= 15 is 0 Å². The molecule has 86 valence electrons. The van der Waals surface area contributed by atoms with Crippen molar-refractivity contribution in [2.45, 2.75) is 26.8 Å². The van der Waals surface area contributed by atoms with Gasteiger partial charge in [-0.3, -0.25) is 0 Å². The fourth-order valence-corrected chi connectivity index (χ4v) is 1.67. The van der Waals surface area contributed by atoms with Crippen LogP contribution in [0.3, 0.4) is 0 Å². The highest BCUT2D eigenvalue weighted by molar-refractivity contribution is 4.75. The molecule has 0 heterocycles. The molecule has 0 saturated carbocycles. The second-order valence-electron chi connectivity index (χ2n) is 5.14. The Labute approximate surface area is 88.8 Å². The third-order valence-corrected chi connectivity index (χ3v) is 2.09. The van der Waals surface area contributed by atoms with Gasteiger partial charge in [0, 0.05) is 26.2 Å². The average Bonchev–Trinajstić information content (AvgIpc) is 1.99. The molecule has 1 N–H and O–H groups in total. The average molecular weight is 202 g/mol. The minimum absolute atomic E-state index is 0.311. The van der Waals surface area contributed by atoms with Crippen LogP contribution < -0.4 is 5.32 Å². The molecule has 3 nitrogen and oxygen atoms in total. The van der Waals surface area contributed by atoms with Gasteiger partial charge in [0.15, 0.2) is 0 Å². The van der Waals surface area contributed by atoms with Crippen LogP contribution in [-0.2, 0) is 4.74 Å². The first kappa shape index (κ1) is 13.9. The van der Waals surface area contributed by atoms with Gasteiger partial charge in [-0.2, -0.15) is 0 Å². The maximum atomic E-state index is 5.08. The topological polar surface area (TPSA) is 24.5 Å². The minimum Gasteiger partial charge on any atom is -0.383 e. The lowest BCUT2D eigenvalue weighted by atomic mass is 9.92. The largest absolute Gasteiger partial charge is 0.383 e. The summed E-state index contributed by atoms with van der Waals surface area (Å²) in [5, 5.41) is 3.48. The molecule has 0 aromatic carbocycles. The second-order valence-corrected chi connectivity index (χ2v) is 5.14. The Hall–Kier alpha value is -0.120. The molecule has 0 rings (SSSR count). The van der Waals surface area contributed by atoms with Crippen molar-refractivity contribution in [3.63, 3.8) is 0 Å². The summed E-state index contributed by atoms with van der Waals surface area (Å²) in [6.07, 6.45) is 0. The molecule has 3 heteroatoms. The van der Waals surface area contributed by atoms with Crippen molar-refractivity contribution in [1.29, 1.82) is 0 Å². The van der Waals surface area contributed by atoms with Gasteiger partial charge in [0.2, 0.25) is 0 Å². The van der Waals surface area contributed by atoms with Gasteiger partial charge < -0.3 is 15.0 Å².